The van der Waals surface area contributed by atoms with Gasteiger partial charge >= 0.3 is 0 Å². The first kappa shape index (κ1) is 12.7. The Kier molecular flexibility index (Phi) is 3.70. The van der Waals surface area contributed by atoms with Gasteiger partial charge in [-0.1, -0.05) is 26.0 Å². The highest BCUT2D eigenvalue weighted by molar-refractivity contribution is 5.46. The Labute approximate surface area is 109 Å². The summed E-state index contributed by atoms with van der Waals surface area (Å²) < 4.78 is 0. The van der Waals surface area contributed by atoms with Crippen LogP contribution in [0.25, 0.3) is 0 Å². The molecule has 1 aromatic carbocycles. The SMILES string of the molecule is Cc1n[nH]c(C)c1CNc1ccc(C(C)C)cc1. The summed E-state index contributed by atoms with van der Waals surface area (Å²) in [5.41, 5.74) is 5.98. The minimum atomic E-state index is 0.581. The van der Waals surface area contributed by atoms with E-state index >= 15 is 0 Å². The zero-order valence-corrected chi connectivity index (χ0v) is 11.5. The lowest BCUT2D eigenvalue weighted by atomic mass is 10.0. The molecule has 3 nitrogen and oxygen atoms in total. The van der Waals surface area contributed by atoms with E-state index in [-0.39, 0.29) is 0 Å². The van der Waals surface area contributed by atoms with Gasteiger partial charge in [-0.3, -0.25) is 5.10 Å². The largest absolute Gasteiger partial charge is 0.381 e. The maximum absolute atomic E-state index is 4.20. The van der Waals surface area contributed by atoms with Crippen molar-refractivity contribution in [1.29, 1.82) is 0 Å². The van der Waals surface area contributed by atoms with Crippen molar-refractivity contribution in [3.05, 3.63) is 46.8 Å². The Morgan fingerprint density at radius 3 is 2.33 bits per heavy atom. The molecule has 2 aromatic rings. The smallest absolute Gasteiger partial charge is 0.0643 e. The number of nitrogens with one attached hydrogen (secondary N) is 2. The average molecular weight is 243 g/mol. The summed E-state index contributed by atoms with van der Waals surface area (Å²) >= 11 is 0. The molecule has 96 valence electrons. The van der Waals surface area contributed by atoms with E-state index in [1.807, 2.05) is 6.92 Å². The summed E-state index contributed by atoms with van der Waals surface area (Å²) in [6.45, 7) is 9.32. The molecule has 0 aliphatic carbocycles. The summed E-state index contributed by atoms with van der Waals surface area (Å²) in [6.07, 6.45) is 0. The summed E-state index contributed by atoms with van der Waals surface area (Å²) in [7, 11) is 0. The molecule has 18 heavy (non-hydrogen) atoms. The number of benzene rings is 1. The van der Waals surface area contributed by atoms with Crippen LogP contribution in [0.3, 0.4) is 0 Å². The topological polar surface area (TPSA) is 40.7 Å². The van der Waals surface area contributed by atoms with Crippen LogP contribution in [-0.4, -0.2) is 10.2 Å². The molecule has 0 aliphatic heterocycles. The Morgan fingerprint density at radius 1 is 1.17 bits per heavy atom. The lowest BCUT2D eigenvalue weighted by molar-refractivity contribution is 0.866. The van der Waals surface area contributed by atoms with Gasteiger partial charge in [0.1, 0.15) is 0 Å². The van der Waals surface area contributed by atoms with Crippen molar-refractivity contribution in [2.75, 3.05) is 5.32 Å². The van der Waals surface area contributed by atoms with Crippen LogP contribution in [0.15, 0.2) is 24.3 Å². The average Bonchev–Trinajstić information content (AvgIpc) is 2.67. The Bertz CT molecular complexity index is 490. The molecule has 0 saturated heterocycles. The standard InChI is InChI=1S/C15H21N3/c1-10(2)13-5-7-14(8-6-13)16-9-15-11(3)17-18-12(15)4/h5-8,10,16H,9H2,1-4H3,(H,17,18). The Hall–Kier alpha value is -1.77. The minimum Gasteiger partial charge on any atom is -0.381 e. The van der Waals surface area contributed by atoms with Gasteiger partial charge in [-0.25, -0.2) is 0 Å². The normalized spacial score (nSPS) is 10.9. The first-order chi connectivity index (χ1) is 8.58. The third-order valence-corrected chi connectivity index (χ3v) is 3.33. The fourth-order valence-corrected chi connectivity index (χ4v) is 2.01. The Balaban J connectivity index is 2.02. The van der Waals surface area contributed by atoms with E-state index in [4.69, 9.17) is 0 Å². The summed E-state index contributed by atoms with van der Waals surface area (Å²) in [5, 5.41) is 10.6. The van der Waals surface area contributed by atoms with Gasteiger partial charge < -0.3 is 5.32 Å². The van der Waals surface area contributed by atoms with E-state index in [9.17, 15) is 0 Å². The maximum atomic E-state index is 4.20. The van der Waals surface area contributed by atoms with E-state index in [0.29, 0.717) is 5.92 Å². The number of aromatic amines is 1. The third-order valence-electron chi connectivity index (χ3n) is 3.33. The van der Waals surface area contributed by atoms with Crippen LogP contribution in [0, 0.1) is 13.8 Å². The fraction of sp³-hybridized carbons (Fsp3) is 0.400. The fourth-order valence-electron chi connectivity index (χ4n) is 2.01. The second-order valence-corrected chi connectivity index (χ2v) is 5.04. The molecule has 2 N–H and O–H groups in total. The van der Waals surface area contributed by atoms with Crippen molar-refractivity contribution in [1.82, 2.24) is 10.2 Å². The van der Waals surface area contributed by atoms with Gasteiger partial charge in [-0.2, -0.15) is 5.10 Å². The molecular weight excluding hydrogens is 222 g/mol. The highest BCUT2D eigenvalue weighted by Gasteiger charge is 2.05. The quantitative estimate of drug-likeness (QED) is 0.858. The van der Waals surface area contributed by atoms with Crippen molar-refractivity contribution < 1.29 is 0 Å². The molecule has 0 radical (unpaired) electrons. The second-order valence-electron chi connectivity index (χ2n) is 5.04. The van der Waals surface area contributed by atoms with Crippen LogP contribution in [0.2, 0.25) is 0 Å². The number of aromatic nitrogens is 2. The molecule has 1 heterocycles. The van der Waals surface area contributed by atoms with Gasteiger partial charge in [0.15, 0.2) is 0 Å². The van der Waals surface area contributed by atoms with E-state index in [2.05, 4.69) is 60.6 Å². The molecule has 0 unspecified atom stereocenters. The number of hydrogen-bond acceptors (Lipinski definition) is 2. The summed E-state index contributed by atoms with van der Waals surface area (Å²) in [4.78, 5) is 0. The van der Waals surface area contributed by atoms with Gasteiger partial charge in [-0.05, 0) is 37.5 Å². The number of nitrogens with zero attached hydrogens (tertiary/aromatic N) is 1. The molecule has 1 aromatic heterocycles. The van der Waals surface area contributed by atoms with Crippen LogP contribution < -0.4 is 5.32 Å². The molecule has 2 rings (SSSR count). The molecule has 0 bridgehead atoms. The number of hydrogen-bond donors (Lipinski definition) is 2. The zero-order chi connectivity index (χ0) is 13.1. The first-order valence-electron chi connectivity index (χ1n) is 6.42. The summed E-state index contributed by atoms with van der Waals surface area (Å²) in [5.74, 6) is 0.581. The van der Waals surface area contributed by atoms with E-state index in [0.717, 1.165) is 23.6 Å². The second kappa shape index (κ2) is 5.25. The lowest BCUT2D eigenvalue weighted by Gasteiger charge is -2.09. The minimum absolute atomic E-state index is 0.581. The van der Waals surface area contributed by atoms with Gasteiger partial charge in [0.2, 0.25) is 0 Å². The predicted octanol–water partition coefficient (Wildman–Crippen LogP) is 3.76. The number of aryl methyl sites for hydroxylation is 2. The lowest BCUT2D eigenvalue weighted by Crippen LogP contribution is -2.01. The monoisotopic (exact) mass is 243 g/mol. The molecule has 0 saturated carbocycles. The van der Waals surface area contributed by atoms with Gasteiger partial charge in [-0.15, -0.1) is 0 Å². The van der Waals surface area contributed by atoms with Gasteiger partial charge in [0.25, 0.3) is 0 Å². The maximum Gasteiger partial charge on any atom is 0.0643 e. The Morgan fingerprint density at radius 2 is 1.83 bits per heavy atom. The highest BCUT2D eigenvalue weighted by atomic mass is 15.1. The number of H-pyrrole nitrogens is 1. The molecule has 3 heteroatoms. The van der Waals surface area contributed by atoms with Crippen LogP contribution in [-0.2, 0) is 6.54 Å². The van der Waals surface area contributed by atoms with Gasteiger partial charge in [0, 0.05) is 23.5 Å². The van der Waals surface area contributed by atoms with Crippen molar-refractivity contribution in [3.8, 4) is 0 Å². The van der Waals surface area contributed by atoms with Crippen molar-refractivity contribution in [2.24, 2.45) is 0 Å². The van der Waals surface area contributed by atoms with E-state index < -0.39 is 0 Å². The van der Waals surface area contributed by atoms with Crippen LogP contribution in [0.5, 0.6) is 0 Å². The molecule has 0 spiro atoms. The van der Waals surface area contributed by atoms with Gasteiger partial charge in [0.05, 0.1) is 5.69 Å². The third kappa shape index (κ3) is 2.73. The van der Waals surface area contributed by atoms with Crippen LogP contribution in [0.4, 0.5) is 5.69 Å². The summed E-state index contributed by atoms with van der Waals surface area (Å²) in [6, 6.07) is 8.64. The van der Waals surface area contributed by atoms with Crippen molar-refractivity contribution in [2.45, 2.75) is 40.2 Å². The van der Waals surface area contributed by atoms with Crippen LogP contribution in [0.1, 0.15) is 42.3 Å². The molecule has 0 amide bonds. The molecule has 0 aliphatic rings. The molecular formula is C15H21N3. The number of rotatable bonds is 4. The zero-order valence-electron chi connectivity index (χ0n) is 11.5. The number of anilines is 1. The predicted molar refractivity (Wildman–Crippen MR) is 75.9 cm³/mol. The van der Waals surface area contributed by atoms with Crippen LogP contribution >= 0.6 is 0 Å². The van der Waals surface area contributed by atoms with E-state index in [1.54, 1.807) is 0 Å². The van der Waals surface area contributed by atoms with Crippen molar-refractivity contribution in [3.63, 3.8) is 0 Å². The highest BCUT2D eigenvalue weighted by Crippen LogP contribution is 2.18. The first-order valence-corrected chi connectivity index (χ1v) is 6.42. The van der Waals surface area contributed by atoms with Crippen molar-refractivity contribution >= 4 is 5.69 Å². The van der Waals surface area contributed by atoms with E-state index in [1.165, 1.54) is 11.1 Å². The molecule has 0 atom stereocenters. The molecule has 0 fully saturated rings.